The predicted octanol–water partition coefficient (Wildman–Crippen LogP) is 4.36. The lowest BCUT2D eigenvalue weighted by molar-refractivity contribution is 0.102. The summed E-state index contributed by atoms with van der Waals surface area (Å²) in [6.07, 6.45) is 6.04. The molecule has 0 saturated heterocycles. The van der Waals surface area contributed by atoms with E-state index in [-0.39, 0.29) is 11.4 Å². The van der Waals surface area contributed by atoms with Gasteiger partial charge in [-0.2, -0.15) is 0 Å². The molecule has 3 heterocycles. The monoisotopic (exact) mass is 451 g/mol. The first-order valence-corrected chi connectivity index (χ1v) is 10.5. The zero-order valence-electron chi connectivity index (χ0n) is 16.8. The summed E-state index contributed by atoms with van der Waals surface area (Å²) in [5.41, 5.74) is 2.55. The first kappa shape index (κ1) is 20.2. The van der Waals surface area contributed by atoms with E-state index in [1.807, 2.05) is 30.3 Å². The number of rotatable bonds is 7. The van der Waals surface area contributed by atoms with Crippen molar-refractivity contribution in [2.75, 3.05) is 16.0 Å². The Balaban J connectivity index is 1.45. The van der Waals surface area contributed by atoms with Gasteiger partial charge in [-0.15, -0.1) is 5.10 Å². The summed E-state index contributed by atoms with van der Waals surface area (Å²) in [7, 11) is 0. The molecule has 162 valence electrons. The Morgan fingerprint density at radius 1 is 1.16 bits per heavy atom. The molecule has 10 heteroatoms. The van der Waals surface area contributed by atoms with Crippen LogP contribution in [-0.4, -0.2) is 31.5 Å². The molecule has 0 bridgehead atoms. The number of benzene rings is 1. The fourth-order valence-electron chi connectivity index (χ4n) is 3.22. The van der Waals surface area contributed by atoms with Crippen molar-refractivity contribution in [2.45, 2.75) is 25.4 Å². The highest BCUT2D eigenvalue weighted by Gasteiger charge is 2.24. The summed E-state index contributed by atoms with van der Waals surface area (Å²) < 4.78 is 15.4. The van der Waals surface area contributed by atoms with Crippen molar-refractivity contribution in [3.63, 3.8) is 0 Å². The van der Waals surface area contributed by atoms with Gasteiger partial charge in [-0.1, -0.05) is 23.7 Å². The standard InChI is InChI=1S/C22H19ClFN7O/c23-14-3-1-13(2-4-14)10-26-20-9-18(28-15-5-6-15)21-27-12-19(31(21)30-20)22(32)29-17-7-8-25-11-16(17)24/h1-4,7-9,11-12,15,28H,5-6,10H2,(H,26,30)(H,25,29,32). The fourth-order valence-corrected chi connectivity index (χ4v) is 3.35. The van der Waals surface area contributed by atoms with Gasteiger partial charge in [0, 0.05) is 29.9 Å². The normalized spacial score (nSPS) is 13.2. The largest absolute Gasteiger partial charge is 0.379 e. The highest BCUT2D eigenvalue weighted by Crippen LogP contribution is 2.29. The van der Waals surface area contributed by atoms with Crippen molar-refractivity contribution >= 4 is 40.3 Å². The zero-order valence-corrected chi connectivity index (χ0v) is 17.6. The second-order valence-corrected chi connectivity index (χ2v) is 7.97. The average Bonchev–Trinajstić information content (AvgIpc) is 3.50. The molecular weight excluding hydrogens is 433 g/mol. The molecule has 3 N–H and O–H groups in total. The maximum Gasteiger partial charge on any atom is 0.276 e. The quantitative estimate of drug-likeness (QED) is 0.386. The van der Waals surface area contributed by atoms with E-state index in [0.29, 0.717) is 29.1 Å². The third kappa shape index (κ3) is 4.33. The molecule has 1 aromatic carbocycles. The number of halogens is 2. The lowest BCUT2D eigenvalue weighted by Gasteiger charge is -2.12. The van der Waals surface area contributed by atoms with Crippen LogP contribution in [0, 0.1) is 5.82 Å². The molecule has 1 fully saturated rings. The van der Waals surface area contributed by atoms with Crippen LogP contribution >= 0.6 is 11.6 Å². The highest BCUT2D eigenvalue weighted by atomic mass is 35.5. The molecule has 0 unspecified atom stereocenters. The molecule has 3 aromatic heterocycles. The van der Waals surface area contributed by atoms with Gasteiger partial charge >= 0.3 is 0 Å². The molecule has 1 saturated carbocycles. The second kappa shape index (κ2) is 8.43. The van der Waals surface area contributed by atoms with Gasteiger partial charge < -0.3 is 16.0 Å². The van der Waals surface area contributed by atoms with Gasteiger partial charge in [-0.25, -0.2) is 13.9 Å². The van der Waals surface area contributed by atoms with Crippen molar-refractivity contribution in [1.29, 1.82) is 0 Å². The highest BCUT2D eigenvalue weighted by molar-refractivity contribution is 6.30. The van der Waals surface area contributed by atoms with E-state index in [1.54, 1.807) is 0 Å². The average molecular weight is 452 g/mol. The van der Waals surface area contributed by atoms with Gasteiger partial charge in [-0.3, -0.25) is 9.78 Å². The summed E-state index contributed by atoms with van der Waals surface area (Å²) in [6.45, 7) is 0.525. The van der Waals surface area contributed by atoms with Crippen LogP contribution in [0.5, 0.6) is 0 Å². The number of anilines is 3. The molecule has 1 aliphatic rings. The molecule has 8 nitrogen and oxygen atoms in total. The number of carbonyl (C=O) groups is 1. The summed E-state index contributed by atoms with van der Waals surface area (Å²) in [4.78, 5) is 20.9. The smallest absolute Gasteiger partial charge is 0.276 e. The van der Waals surface area contributed by atoms with E-state index in [0.717, 1.165) is 30.3 Å². The topological polar surface area (TPSA) is 96.2 Å². The number of imidazole rings is 1. The molecule has 0 atom stereocenters. The molecule has 1 amide bonds. The van der Waals surface area contributed by atoms with Crippen LogP contribution in [0.25, 0.3) is 5.65 Å². The number of nitrogens with one attached hydrogen (secondary N) is 3. The van der Waals surface area contributed by atoms with Crippen molar-refractivity contribution in [1.82, 2.24) is 19.6 Å². The minimum Gasteiger partial charge on any atom is -0.379 e. The van der Waals surface area contributed by atoms with Crippen LogP contribution in [0.15, 0.2) is 55.0 Å². The van der Waals surface area contributed by atoms with Crippen LogP contribution < -0.4 is 16.0 Å². The number of hydrogen-bond donors (Lipinski definition) is 3. The summed E-state index contributed by atoms with van der Waals surface area (Å²) >= 11 is 5.96. The maximum absolute atomic E-state index is 13.9. The number of nitrogens with zero attached hydrogens (tertiary/aromatic N) is 4. The predicted molar refractivity (Wildman–Crippen MR) is 121 cm³/mol. The van der Waals surface area contributed by atoms with E-state index < -0.39 is 11.7 Å². The Morgan fingerprint density at radius 3 is 2.72 bits per heavy atom. The molecule has 5 rings (SSSR count). The molecule has 32 heavy (non-hydrogen) atoms. The zero-order chi connectivity index (χ0) is 22.1. The summed E-state index contributed by atoms with van der Waals surface area (Å²) in [5, 5.41) is 14.5. The SMILES string of the molecule is O=C(Nc1ccncc1F)c1cnc2c(NC3CC3)cc(NCc3ccc(Cl)cc3)nn12. The molecule has 4 aromatic rings. The van der Waals surface area contributed by atoms with Crippen LogP contribution in [0.1, 0.15) is 28.9 Å². The van der Waals surface area contributed by atoms with Gasteiger partial charge in [0.05, 0.1) is 23.8 Å². The first-order valence-electron chi connectivity index (χ1n) is 10.1. The number of pyridine rings is 1. The minimum atomic E-state index is -0.621. The van der Waals surface area contributed by atoms with Gasteiger partial charge in [0.2, 0.25) is 0 Å². The Bertz CT molecular complexity index is 1290. The van der Waals surface area contributed by atoms with Crippen molar-refractivity contribution in [3.05, 3.63) is 77.1 Å². The number of hydrogen-bond acceptors (Lipinski definition) is 6. The van der Waals surface area contributed by atoms with Gasteiger partial charge in [0.1, 0.15) is 5.82 Å². The summed E-state index contributed by atoms with van der Waals surface area (Å²) in [5.74, 6) is -0.580. The van der Waals surface area contributed by atoms with Gasteiger partial charge in [0.25, 0.3) is 5.91 Å². The fraction of sp³-hybridized carbons (Fsp3) is 0.182. The van der Waals surface area contributed by atoms with Crippen LogP contribution in [0.3, 0.4) is 0 Å². The number of carbonyl (C=O) groups excluding carboxylic acids is 1. The number of amides is 1. The number of fused-ring (bicyclic) bond motifs is 1. The van der Waals surface area contributed by atoms with E-state index in [1.165, 1.54) is 23.0 Å². The van der Waals surface area contributed by atoms with Crippen molar-refractivity contribution in [3.8, 4) is 0 Å². The molecule has 1 aliphatic carbocycles. The Kier molecular flexibility index (Phi) is 5.32. The number of aromatic nitrogens is 4. The van der Waals surface area contributed by atoms with Crippen molar-refractivity contribution in [2.24, 2.45) is 0 Å². The Morgan fingerprint density at radius 2 is 1.97 bits per heavy atom. The third-order valence-electron chi connectivity index (χ3n) is 5.04. The second-order valence-electron chi connectivity index (χ2n) is 7.53. The van der Waals surface area contributed by atoms with E-state index in [2.05, 4.69) is 31.0 Å². The Hall–Kier alpha value is -3.72. The Labute approximate surface area is 187 Å². The molecule has 0 spiro atoms. The lowest BCUT2D eigenvalue weighted by atomic mass is 10.2. The molecule has 0 radical (unpaired) electrons. The maximum atomic E-state index is 13.9. The molecule has 0 aliphatic heterocycles. The minimum absolute atomic E-state index is 0.0355. The molecular formula is C22H19ClFN7O. The summed E-state index contributed by atoms with van der Waals surface area (Å²) in [6, 6.07) is 11.2. The van der Waals surface area contributed by atoms with Crippen LogP contribution in [0.4, 0.5) is 21.6 Å². The van der Waals surface area contributed by atoms with Gasteiger partial charge in [0.15, 0.2) is 17.2 Å². The lowest BCUT2D eigenvalue weighted by Crippen LogP contribution is -2.17. The third-order valence-corrected chi connectivity index (χ3v) is 5.30. The van der Waals surface area contributed by atoms with E-state index in [9.17, 15) is 9.18 Å². The van der Waals surface area contributed by atoms with Gasteiger partial charge in [-0.05, 0) is 36.6 Å². The van der Waals surface area contributed by atoms with Crippen LogP contribution in [0.2, 0.25) is 5.02 Å². The van der Waals surface area contributed by atoms with E-state index >= 15 is 0 Å². The van der Waals surface area contributed by atoms with E-state index in [4.69, 9.17) is 11.6 Å². The van der Waals surface area contributed by atoms with Crippen LogP contribution in [-0.2, 0) is 6.54 Å². The van der Waals surface area contributed by atoms with Crippen molar-refractivity contribution < 1.29 is 9.18 Å². The first-order chi connectivity index (χ1) is 15.6.